The number of nitrogens with one attached hydrogen (secondary N) is 2. The number of hydrogen-bond acceptors (Lipinski definition) is 3. The second-order valence-corrected chi connectivity index (χ2v) is 6.13. The van der Waals surface area contributed by atoms with E-state index in [4.69, 9.17) is 0 Å². The SMILES string of the molecule is CCNS(=O)(=O)N(C)C1CCC(NC)CC1. The van der Waals surface area contributed by atoms with Crippen LogP contribution in [0.5, 0.6) is 0 Å². The molecule has 1 rings (SSSR count). The Morgan fingerprint density at radius 1 is 1.25 bits per heavy atom. The van der Waals surface area contributed by atoms with Crippen molar-refractivity contribution in [2.24, 2.45) is 0 Å². The molecule has 1 aliphatic rings. The predicted molar refractivity (Wildman–Crippen MR) is 65.5 cm³/mol. The molecule has 2 N–H and O–H groups in total. The van der Waals surface area contributed by atoms with Crippen molar-refractivity contribution < 1.29 is 8.42 Å². The van der Waals surface area contributed by atoms with Crippen LogP contribution in [0.4, 0.5) is 0 Å². The third-order valence-corrected chi connectivity index (χ3v) is 5.03. The molecule has 1 fully saturated rings. The normalized spacial score (nSPS) is 27.2. The lowest BCUT2D eigenvalue weighted by molar-refractivity contribution is 0.253. The van der Waals surface area contributed by atoms with Crippen molar-refractivity contribution in [2.45, 2.75) is 44.7 Å². The standard InChI is InChI=1S/C10H23N3O2S/c1-4-12-16(14,15)13(3)10-7-5-9(11-2)6-8-10/h9-12H,4-8H2,1-3H3. The van der Waals surface area contributed by atoms with E-state index in [-0.39, 0.29) is 6.04 Å². The summed E-state index contributed by atoms with van der Waals surface area (Å²) >= 11 is 0. The van der Waals surface area contributed by atoms with Gasteiger partial charge in [0.25, 0.3) is 10.2 Å². The van der Waals surface area contributed by atoms with Crippen LogP contribution in [0.15, 0.2) is 0 Å². The molecule has 0 aromatic heterocycles. The molecular weight excluding hydrogens is 226 g/mol. The van der Waals surface area contributed by atoms with Crippen molar-refractivity contribution >= 4 is 10.2 Å². The minimum absolute atomic E-state index is 0.147. The molecule has 0 aromatic rings. The van der Waals surface area contributed by atoms with Gasteiger partial charge < -0.3 is 5.32 Å². The van der Waals surface area contributed by atoms with Crippen molar-refractivity contribution in [2.75, 3.05) is 20.6 Å². The highest BCUT2D eigenvalue weighted by atomic mass is 32.2. The van der Waals surface area contributed by atoms with Crippen molar-refractivity contribution in [1.82, 2.24) is 14.3 Å². The Labute approximate surface area is 98.8 Å². The van der Waals surface area contributed by atoms with E-state index in [1.165, 1.54) is 4.31 Å². The quantitative estimate of drug-likeness (QED) is 0.737. The number of hydrogen-bond donors (Lipinski definition) is 2. The summed E-state index contributed by atoms with van der Waals surface area (Å²) in [6.45, 7) is 2.24. The molecular formula is C10H23N3O2S. The second-order valence-electron chi connectivity index (χ2n) is 4.31. The lowest BCUT2D eigenvalue weighted by Crippen LogP contribution is -2.46. The van der Waals surface area contributed by atoms with Crippen LogP contribution in [0.25, 0.3) is 0 Å². The molecule has 0 atom stereocenters. The van der Waals surface area contributed by atoms with E-state index in [1.807, 2.05) is 7.05 Å². The molecule has 0 aromatic carbocycles. The summed E-state index contributed by atoms with van der Waals surface area (Å²) in [5, 5.41) is 3.24. The minimum atomic E-state index is -3.27. The van der Waals surface area contributed by atoms with Crippen molar-refractivity contribution in [1.29, 1.82) is 0 Å². The molecule has 96 valence electrons. The lowest BCUT2D eigenvalue weighted by atomic mass is 9.91. The van der Waals surface area contributed by atoms with Crippen LogP contribution in [0.2, 0.25) is 0 Å². The highest BCUT2D eigenvalue weighted by Crippen LogP contribution is 2.23. The Kier molecular flexibility index (Phi) is 5.17. The van der Waals surface area contributed by atoms with Gasteiger partial charge in [0.1, 0.15) is 0 Å². The monoisotopic (exact) mass is 249 g/mol. The van der Waals surface area contributed by atoms with E-state index in [1.54, 1.807) is 14.0 Å². The Hall–Kier alpha value is -0.170. The van der Waals surface area contributed by atoms with Crippen LogP contribution in [0.1, 0.15) is 32.6 Å². The zero-order valence-corrected chi connectivity index (χ0v) is 11.2. The molecule has 0 unspecified atom stereocenters. The van der Waals surface area contributed by atoms with E-state index >= 15 is 0 Å². The molecule has 0 spiro atoms. The van der Waals surface area contributed by atoms with Gasteiger partial charge in [-0.25, -0.2) is 4.72 Å². The van der Waals surface area contributed by atoms with Gasteiger partial charge in [-0.2, -0.15) is 12.7 Å². The zero-order valence-electron chi connectivity index (χ0n) is 10.4. The summed E-state index contributed by atoms with van der Waals surface area (Å²) < 4.78 is 27.6. The van der Waals surface area contributed by atoms with Gasteiger partial charge in [-0.3, -0.25) is 0 Å². The average Bonchev–Trinajstić information content (AvgIpc) is 2.28. The molecule has 0 amide bonds. The van der Waals surface area contributed by atoms with Gasteiger partial charge in [-0.05, 0) is 32.7 Å². The molecule has 1 aliphatic carbocycles. The first-order valence-electron chi connectivity index (χ1n) is 5.91. The van der Waals surface area contributed by atoms with Crippen molar-refractivity contribution in [3.05, 3.63) is 0 Å². The molecule has 0 radical (unpaired) electrons. The van der Waals surface area contributed by atoms with E-state index in [0.29, 0.717) is 12.6 Å². The highest BCUT2D eigenvalue weighted by molar-refractivity contribution is 7.87. The minimum Gasteiger partial charge on any atom is -0.317 e. The first-order chi connectivity index (χ1) is 7.51. The first kappa shape index (κ1) is 13.9. The van der Waals surface area contributed by atoms with Crippen molar-refractivity contribution in [3.8, 4) is 0 Å². The summed E-state index contributed by atoms with van der Waals surface area (Å²) in [4.78, 5) is 0. The summed E-state index contributed by atoms with van der Waals surface area (Å²) in [5.41, 5.74) is 0. The topological polar surface area (TPSA) is 61.4 Å². The second kappa shape index (κ2) is 5.95. The van der Waals surface area contributed by atoms with Crippen LogP contribution in [-0.4, -0.2) is 45.4 Å². The van der Waals surface area contributed by atoms with Gasteiger partial charge in [-0.1, -0.05) is 6.92 Å². The fourth-order valence-electron chi connectivity index (χ4n) is 2.21. The third-order valence-electron chi connectivity index (χ3n) is 3.33. The molecule has 6 heteroatoms. The Bertz CT molecular complexity index is 297. The van der Waals surface area contributed by atoms with E-state index in [0.717, 1.165) is 25.7 Å². The summed E-state index contributed by atoms with van der Waals surface area (Å²) in [6, 6.07) is 0.695. The van der Waals surface area contributed by atoms with Gasteiger partial charge in [0, 0.05) is 25.7 Å². The Morgan fingerprint density at radius 3 is 2.25 bits per heavy atom. The predicted octanol–water partition coefficient (Wildman–Crippen LogP) is 0.303. The van der Waals surface area contributed by atoms with Crippen LogP contribution in [-0.2, 0) is 10.2 Å². The molecule has 0 heterocycles. The molecule has 1 saturated carbocycles. The van der Waals surface area contributed by atoms with E-state index in [9.17, 15) is 8.42 Å². The smallest absolute Gasteiger partial charge is 0.279 e. The van der Waals surface area contributed by atoms with Gasteiger partial charge >= 0.3 is 0 Å². The van der Waals surface area contributed by atoms with Crippen LogP contribution in [0, 0.1) is 0 Å². The molecule has 5 nitrogen and oxygen atoms in total. The Morgan fingerprint density at radius 2 is 1.81 bits per heavy atom. The lowest BCUT2D eigenvalue weighted by Gasteiger charge is -2.33. The van der Waals surface area contributed by atoms with Crippen LogP contribution < -0.4 is 10.0 Å². The van der Waals surface area contributed by atoms with Gasteiger partial charge in [-0.15, -0.1) is 0 Å². The molecule has 0 bridgehead atoms. The fraction of sp³-hybridized carbons (Fsp3) is 1.00. The largest absolute Gasteiger partial charge is 0.317 e. The molecule has 0 aliphatic heterocycles. The third kappa shape index (κ3) is 3.41. The number of nitrogens with zero attached hydrogens (tertiary/aromatic N) is 1. The molecule has 16 heavy (non-hydrogen) atoms. The maximum atomic E-state index is 11.8. The maximum Gasteiger partial charge on any atom is 0.279 e. The summed E-state index contributed by atoms with van der Waals surface area (Å²) in [7, 11) is 0.360. The highest BCUT2D eigenvalue weighted by Gasteiger charge is 2.29. The van der Waals surface area contributed by atoms with Gasteiger partial charge in [0.2, 0.25) is 0 Å². The zero-order chi connectivity index (χ0) is 12.2. The maximum absolute atomic E-state index is 11.8. The van der Waals surface area contributed by atoms with Crippen LogP contribution in [0.3, 0.4) is 0 Å². The van der Waals surface area contributed by atoms with Gasteiger partial charge in [0.15, 0.2) is 0 Å². The first-order valence-corrected chi connectivity index (χ1v) is 7.35. The number of rotatable bonds is 5. The summed E-state index contributed by atoms with van der Waals surface area (Å²) in [5.74, 6) is 0. The van der Waals surface area contributed by atoms with E-state index < -0.39 is 10.2 Å². The average molecular weight is 249 g/mol. The van der Waals surface area contributed by atoms with Gasteiger partial charge in [0.05, 0.1) is 0 Å². The summed E-state index contributed by atoms with van der Waals surface area (Å²) in [6.07, 6.45) is 3.97. The van der Waals surface area contributed by atoms with E-state index in [2.05, 4.69) is 10.0 Å². The van der Waals surface area contributed by atoms with Crippen LogP contribution >= 0.6 is 0 Å². The Balaban J connectivity index is 2.53. The molecule has 0 saturated heterocycles. The van der Waals surface area contributed by atoms with Crippen molar-refractivity contribution in [3.63, 3.8) is 0 Å². The fourth-order valence-corrected chi connectivity index (χ4v) is 3.38.